The molecule has 0 saturated carbocycles. The molecule has 0 aliphatic carbocycles. The van der Waals surface area contributed by atoms with E-state index in [1.54, 1.807) is 12.1 Å². The maximum absolute atomic E-state index is 13.9. The summed E-state index contributed by atoms with van der Waals surface area (Å²) < 4.78 is 27.9. The number of anilines is 1. The zero-order chi connectivity index (χ0) is 29.1. The number of aromatic nitrogens is 1. The van der Waals surface area contributed by atoms with Gasteiger partial charge in [0.25, 0.3) is 5.91 Å². The van der Waals surface area contributed by atoms with Gasteiger partial charge in [-0.15, -0.1) is 0 Å². The molecule has 0 aliphatic rings. The summed E-state index contributed by atoms with van der Waals surface area (Å²) in [7, 11) is 0. The Labute approximate surface area is 236 Å². The van der Waals surface area contributed by atoms with E-state index in [0.29, 0.717) is 23.4 Å². The summed E-state index contributed by atoms with van der Waals surface area (Å²) in [5, 5.41) is 17.3. The van der Waals surface area contributed by atoms with E-state index >= 15 is 0 Å². The molecule has 40 heavy (non-hydrogen) atoms. The molecule has 8 heteroatoms. The van der Waals surface area contributed by atoms with Gasteiger partial charge in [-0.3, -0.25) is 4.79 Å². The van der Waals surface area contributed by atoms with Crippen LogP contribution in [-0.4, -0.2) is 47.8 Å². The number of aliphatic hydroxyl groups is 1. The molecular weight excluding hydrogens is 510 g/mol. The predicted molar refractivity (Wildman–Crippen MR) is 157 cm³/mol. The van der Waals surface area contributed by atoms with Crippen LogP contribution in [0.4, 0.5) is 14.6 Å². The van der Waals surface area contributed by atoms with Crippen molar-refractivity contribution in [1.82, 2.24) is 15.6 Å². The Morgan fingerprint density at radius 1 is 0.950 bits per heavy atom. The van der Waals surface area contributed by atoms with Crippen LogP contribution in [0.5, 0.6) is 0 Å². The maximum Gasteiger partial charge on any atom is 0.251 e. The van der Waals surface area contributed by atoms with Crippen LogP contribution in [0.25, 0.3) is 0 Å². The van der Waals surface area contributed by atoms with E-state index in [1.807, 2.05) is 19.1 Å². The van der Waals surface area contributed by atoms with Gasteiger partial charge in [0.1, 0.15) is 17.5 Å². The van der Waals surface area contributed by atoms with Crippen LogP contribution in [0.3, 0.4) is 0 Å². The van der Waals surface area contributed by atoms with Gasteiger partial charge in [-0.1, -0.05) is 45.0 Å². The zero-order valence-corrected chi connectivity index (χ0v) is 24.0. The second kappa shape index (κ2) is 15.4. The molecule has 1 heterocycles. The molecule has 3 rings (SSSR count). The molecule has 3 N–H and O–H groups in total. The monoisotopic (exact) mass is 552 g/mol. The fourth-order valence-corrected chi connectivity index (χ4v) is 4.81. The van der Waals surface area contributed by atoms with Crippen LogP contribution in [0.2, 0.25) is 0 Å². The van der Waals surface area contributed by atoms with Gasteiger partial charge < -0.3 is 20.6 Å². The van der Waals surface area contributed by atoms with Crippen molar-refractivity contribution in [2.45, 2.75) is 72.1 Å². The molecule has 2 unspecified atom stereocenters. The number of pyridine rings is 1. The first kappa shape index (κ1) is 31.2. The SMILES string of the molecule is CCCN(CCC)c1cc(C(=O)NC(Cc2cc(F)cc(F)c2)C(O)CNCc2cccc(CC)c2)cc(C)n1. The summed E-state index contributed by atoms with van der Waals surface area (Å²) in [6.07, 6.45) is 1.88. The van der Waals surface area contributed by atoms with Gasteiger partial charge in [0.15, 0.2) is 0 Å². The molecule has 3 aromatic rings. The number of carbonyl (C=O) groups excluding carboxylic acids is 1. The number of benzene rings is 2. The topological polar surface area (TPSA) is 77.5 Å². The van der Waals surface area contributed by atoms with Gasteiger partial charge in [-0.25, -0.2) is 13.8 Å². The molecule has 2 aromatic carbocycles. The van der Waals surface area contributed by atoms with E-state index in [4.69, 9.17) is 0 Å². The van der Waals surface area contributed by atoms with Crippen LogP contribution in [0.15, 0.2) is 54.6 Å². The lowest BCUT2D eigenvalue weighted by atomic mass is 10.00. The third kappa shape index (κ3) is 9.38. The van der Waals surface area contributed by atoms with E-state index in [9.17, 15) is 18.7 Å². The van der Waals surface area contributed by atoms with Crippen LogP contribution < -0.4 is 15.5 Å². The van der Waals surface area contributed by atoms with E-state index in [0.717, 1.165) is 49.8 Å². The van der Waals surface area contributed by atoms with Crippen molar-refractivity contribution in [3.63, 3.8) is 0 Å². The highest BCUT2D eigenvalue weighted by atomic mass is 19.1. The smallest absolute Gasteiger partial charge is 0.251 e. The molecule has 6 nitrogen and oxygen atoms in total. The molecule has 0 fully saturated rings. The highest BCUT2D eigenvalue weighted by Gasteiger charge is 2.24. The number of amides is 1. The first-order chi connectivity index (χ1) is 19.2. The number of halogens is 2. The largest absolute Gasteiger partial charge is 0.390 e. The van der Waals surface area contributed by atoms with Crippen molar-refractivity contribution in [2.75, 3.05) is 24.5 Å². The van der Waals surface area contributed by atoms with E-state index in [-0.39, 0.29) is 18.9 Å². The highest BCUT2D eigenvalue weighted by molar-refractivity contribution is 5.95. The van der Waals surface area contributed by atoms with Crippen molar-refractivity contribution in [2.24, 2.45) is 0 Å². The Morgan fingerprint density at radius 2 is 1.62 bits per heavy atom. The summed E-state index contributed by atoms with van der Waals surface area (Å²) in [5.74, 6) is -1.06. The lowest BCUT2D eigenvalue weighted by Crippen LogP contribution is -2.48. The van der Waals surface area contributed by atoms with Gasteiger partial charge in [0.2, 0.25) is 0 Å². The summed E-state index contributed by atoms with van der Waals surface area (Å²) in [6, 6.07) is 14.1. The molecule has 1 amide bonds. The Balaban J connectivity index is 1.79. The number of aryl methyl sites for hydroxylation is 2. The number of hydrogen-bond acceptors (Lipinski definition) is 5. The van der Waals surface area contributed by atoms with E-state index in [1.165, 1.54) is 17.7 Å². The number of carbonyl (C=O) groups is 1. The fraction of sp³-hybridized carbons (Fsp3) is 0.438. The van der Waals surface area contributed by atoms with Gasteiger partial charge in [-0.2, -0.15) is 0 Å². The molecule has 1 aromatic heterocycles. The molecular formula is C32H42F2N4O2. The second-order valence-electron chi connectivity index (χ2n) is 10.3. The minimum atomic E-state index is -1.01. The average molecular weight is 553 g/mol. The van der Waals surface area contributed by atoms with Crippen LogP contribution in [-0.2, 0) is 19.4 Å². The fourth-order valence-electron chi connectivity index (χ4n) is 4.81. The van der Waals surface area contributed by atoms with Crippen LogP contribution in [0, 0.1) is 18.6 Å². The van der Waals surface area contributed by atoms with Gasteiger partial charge in [0.05, 0.1) is 12.1 Å². The molecule has 0 saturated heterocycles. The molecule has 2 atom stereocenters. The zero-order valence-electron chi connectivity index (χ0n) is 24.0. The normalized spacial score (nSPS) is 12.7. The summed E-state index contributed by atoms with van der Waals surface area (Å²) in [5.41, 5.74) is 3.79. The first-order valence-corrected chi connectivity index (χ1v) is 14.2. The average Bonchev–Trinajstić information content (AvgIpc) is 2.91. The van der Waals surface area contributed by atoms with Crippen LogP contribution in [0.1, 0.15) is 66.4 Å². The third-order valence-corrected chi connectivity index (χ3v) is 6.75. The predicted octanol–water partition coefficient (Wildman–Crippen LogP) is 5.35. The first-order valence-electron chi connectivity index (χ1n) is 14.2. The number of nitrogens with zero attached hydrogens (tertiary/aromatic N) is 2. The highest BCUT2D eigenvalue weighted by Crippen LogP contribution is 2.18. The van der Waals surface area contributed by atoms with Crippen LogP contribution >= 0.6 is 0 Å². The number of rotatable bonds is 15. The lowest BCUT2D eigenvalue weighted by Gasteiger charge is -2.26. The minimum Gasteiger partial charge on any atom is -0.390 e. The Bertz CT molecular complexity index is 1230. The van der Waals surface area contributed by atoms with E-state index < -0.39 is 23.8 Å². The van der Waals surface area contributed by atoms with E-state index in [2.05, 4.69) is 53.4 Å². The minimum absolute atomic E-state index is 0.0588. The third-order valence-electron chi connectivity index (χ3n) is 6.75. The molecule has 0 aliphatic heterocycles. The standard InChI is InChI=1S/C32H42F2N4O2/c1-5-11-38(12-6-2)31-18-26(13-22(4)36-31)32(40)37-29(17-25-15-27(33)19-28(34)16-25)30(39)21-35-20-24-10-8-9-23(7-3)14-24/h8-10,13-16,18-19,29-30,35,39H,5-7,11-12,17,20-21H2,1-4H3,(H,37,40). The van der Waals surface area contributed by atoms with Gasteiger partial charge in [0, 0.05) is 43.5 Å². The van der Waals surface area contributed by atoms with Crippen molar-refractivity contribution in [3.8, 4) is 0 Å². The summed E-state index contributed by atoms with van der Waals surface area (Å²) in [4.78, 5) is 20.3. The number of hydrogen-bond donors (Lipinski definition) is 3. The van der Waals surface area contributed by atoms with Crippen molar-refractivity contribution < 1.29 is 18.7 Å². The molecule has 0 radical (unpaired) electrons. The summed E-state index contributed by atoms with van der Waals surface area (Å²) in [6.45, 7) is 10.5. The Morgan fingerprint density at radius 3 is 2.27 bits per heavy atom. The maximum atomic E-state index is 13.9. The van der Waals surface area contributed by atoms with Crippen molar-refractivity contribution in [1.29, 1.82) is 0 Å². The molecule has 216 valence electrons. The summed E-state index contributed by atoms with van der Waals surface area (Å²) >= 11 is 0. The van der Waals surface area contributed by atoms with Gasteiger partial charge in [-0.05, 0) is 73.6 Å². The number of nitrogens with one attached hydrogen (secondary N) is 2. The van der Waals surface area contributed by atoms with Crippen molar-refractivity contribution in [3.05, 3.63) is 94.2 Å². The lowest BCUT2D eigenvalue weighted by molar-refractivity contribution is 0.0829. The van der Waals surface area contributed by atoms with Crippen molar-refractivity contribution >= 4 is 11.7 Å². The van der Waals surface area contributed by atoms with Gasteiger partial charge >= 0.3 is 0 Å². The molecule has 0 spiro atoms. The quantitative estimate of drug-likeness (QED) is 0.237. The Hall–Kier alpha value is -3.36. The Kier molecular flexibility index (Phi) is 12.0. The number of aliphatic hydroxyl groups excluding tert-OH is 1. The molecule has 0 bridgehead atoms. The second-order valence-corrected chi connectivity index (χ2v) is 10.3.